The van der Waals surface area contributed by atoms with Crippen LogP contribution in [0.15, 0.2) is 70.5 Å². The Kier molecular flexibility index (Phi) is 16.2. The molecule has 1 unspecified atom stereocenters. The second-order valence-corrected chi connectivity index (χ2v) is 21.0. The third kappa shape index (κ3) is 12.5. The van der Waals surface area contributed by atoms with Gasteiger partial charge in [0.1, 0.15) is 11.6 Å². The largest absolute Gasteiger partial charge is 0.322 e. The lowest BCUT2D eigenvalue weighted by Gasteiger charge is -2.30. The molecule has 6 rings (SSSR count). The Morgan fingerprint density at radius 1 is 0.661 bits per heavy atom. The number of halogens is 6. The van der Waals surface area contributed by atoms with E-state index in [4.69, 9.17) is 5.14 Å². The number of nitrogens with two attached hydrogens (primary N) is 1. The van der Waals surface area contributed by atoms with Crippen molar-refractivity contribution in [2.75, 3.05) is 22.1 Å². The van der Waals surface area contributed by atoms with E-state index in [9.17, 15) is 49.1 Å². The smallest absolute Gasteiger partial charge is 0.256 e. The summed E-state index contributed by atoms with van der Waals surface area (Å²) in [5, 5.41) is 9.97. The normalized spacial score (nSPS) is 15.9. The zero-order valence-corrected chi connectivity index (χ0v) is 36.0. The van der Waals surface area contributed by atoms with Crippen LogP contribution in [0.1, 0.15) is 97.1 Å². The topological polar surface area (TPSA) is 147 Å². The van der Waals surface area contributed by atoms with E-state index in [1.54, 1.807) is 0 Å². The second kappa shape index (κ2) is 20.0. The van der Waals surface area contributed by atoms with Gasteiger partial charge in [0.2, 0.25) is 0 Å². The van der Waals surface area contributed by atoms with Gasteiger partial charge >= 0.3 is 0 Å². The maximum Gasteiger partial charge on any atom is 0.256 e. The van der Waals surface area contributed by atoms with E-state index in [0.29, 0.717) is 28.4 Å². The molecule has 0 fully saturated rings. The predicted molar refractivity (Wildman–Crippen MR) is 222 cm³/mol. The molecule has 0 spiro atoms. The number of nitrogens with one attached hydrogen (secondary N) is 3. The molecule has 0 aromatic heterocycles. The SMILES string of the molecule is CC(C)(C)[S@@](N)=O.CC(C)(C)[S@](=O)NC1CCSc2c(C(=O)Nc3ccc(F)c(F)c3)ccc(F)c21.O=C(Nc1ccc(F)c(F)c1)c1ccc(F)c2c1SCCC2=O. The molecule has 9 nitrogen and oxygen atoms in total. The molecule has 59 heavy (non-hydrogen) atoms. The molecule has 2 aliphatic rings. The van der Waals surface area contributed by atoms with Gasteiger partial charge < -0.3 is 10.6 Å². The molecular weight excluding hydrogens is 859 g/mol. The summed E-state index contributed by atoms with van der Waals surface area (Å²) in [6, 6.07) is 10.4. The Morgan fingerprint density at radius 2 is 1.12 bits per heavy atom. The minimum Gasteiger partial charge on any atom is -0.322 e. The van der Waals surface area contributed by atoms with Crippen LogP contribution in [0.2, 0.25) is 0 Å². The predicted octanol–water partition coefficient (Wildman–Crippen LogP) is 9.39. The van der Waals surface area contributed by atoms with Crippen LogP contribution in [-0.2, 0) is 22.0 Å². The van der Waals surface area contributed by atoms with Gasteiger partial charge in [-0.2, -0.15) is 0 Å². The number of ketones is 1. The van der Waals surface area contributed by atoms with E-state index in [2.05, 4.69) is 15.4 Å². The number of Topliss-reactive ketones (excluding diaryl/α,β-unsaturated/α-hetero) is 1. The summed E-state index contributed by atoms with van der Waals surface area (Å²) in [5.41, 5.74) is 0.736. The highest BCUT2D eigenvalue weighted by Crippen LogP contribution is 2.41. The zero-order chi connectivity index (χ0) is 44.0. The second-order valence-electron chi connectivity index (χ2n) is 14.9. The van der Waals surface area contributed by atoms with Crippen molar-refractivity contribution < 1.29 is 49.1 Å². The molecule has 3 atom stereocenters. The van der Waals surface area contributed by atoms with E-state index in [1.807, 2.05) is 41.5 Å². The van der Waals surface area contributed by atoms with Gasteiger partial charge in [-0.3, -0.25) is 19.5 Å². The maximum absolute atomic E-state index is 14.7. The molecule has 19 heteroatoms. The number of hydrogen-bond acceptors (Lipinski definition) is 7. The lowest BCUT2D eigenvalue weighted by Crippen LogP contribution is -2.37. The van der Waals surface area contributed by atoms with E-state index in [0.717, 1.165) is 30.3 Å². The van der Waals surface area contributed by atoms with Crippen LogP contribution in [0.25, 0.3) is 0 Å². The van der Waals surface area contributed by atoms with Gasteiger partial charge in [0.15, 0.2) is 29.1 Å². The van der Waals surface area contributed by atoms with Gasteiger partial charge in [0, 0.05) is 57.1 Å². The lowest BCUT2D eigenvalue weighted by molar-refractivity contribution is 0.0978. The molecule has 0 saturated heterocycles. The maximum atomic E-state index is 14.7. The van der Waals surface area contributed by atoms with Crippen molar-refractivity contribution in [2.24, 2.45) is 5.14 Å². The van der Waals surface area contributed by atoms with Crippen molar-refractivity contribution in [3.05, 3.63) is 118 Å². The summed E-state index contributed by atoms with van der Waals surface area (Å²) in [6.07, 6.45) is 0.771. The highest BCUT2D eigenvalue weighted by atomic mass is 32.2. The molecule has 0 radical (unpaired) electrons. The first kappa shape index (κ1) is 47.7. The van der Waals surface area contributed by atoms with E-state index in [-0.39, 0.29) is 49.9 Å². The first-order valence-electron chi connectivity index (χ1n) is 17.8. The number of rotatable bonds is 6. The molecular formula is C40H42F6N4O5S4. The van der Waals surface area contributed by atoms with Crippen molar-refractivity contribution in [1.82, 2.24) is 4.72 Å². The van der Waals surface area contributed by atoms with E-state index < -0.39 is 79.5 Å². The summed E-state index contributed by atoms with van der Waals surface area (Å²) in [6.45, 7) is 11.0. The fraction of sp³-hybridized carbons (Fsp3) is 0.325. The first-order chi connectivity index (χ1) is 27.5. The molecule has 4 aromatic carbocycles. The summed E-state index contributed by atoms with van der Waals surface area (Å²) in [4.78, 5) is 37.6. The van der Waals surface area contributed by atoms with Crippen molar-refractivity contribution in [3.8, 4) is 0 Å². The van der Waals surface area contributed by atoms with Crippen LogP contribution in [0.3, 0.4) is 0 Å². The van der Waals surface area contributed by atoms with Crippen molar-refractivity contribution >= 4 is 74.5 Å². The average Bonchev–Trinajstić information content (AvgIpc) is 3.14. The summed E-state index contributed by atoms with van der Waals surface area (Å²) in [5.74, 6) is -5.81. The summed E-state index contributed by atoms with van der Waals surface area (Å²) < 4.78 is 106. The fourth-order valence-electron chi connectivity index (χ4n) is 5.14. The fourth-order valence-corrected chi connectivity index (χ4v) is 8.42. The summed E-state index contributed by atoms with van der Waals surface area (Å²) >= 11 is 2.56. The molecule has 2 heterocycles. The lowest BCUT2D eigenvalue weighted by atomic mass is 10.0. The minimum atomic E-state index is -1.41. The highest BCUT2D eigenvalue weighted by molar-refractivity contribution is 7.99. The number of amides is 2. The monoisotopic (exact) mass is 900 g/mol. The minimum absolute atomic E-state index is 0.0686. The third-order valence-corrected chi connectivity index (χ3v) is 13.5. The number of anilines is 2. The number of fused-ring (bicyclic) bond motifs is 2. The van der Waals surface area contributed by atoms with Gasteiger partial charge in [-0.15, -0.1) is 23.5 Å². The van der Waals surface area contributed by atoms with Gasteiger partial charge in [-0.25, -0.2) is 39.5 Å². The Hall–Kier alpha value is -4.01. The van der Waals surface area contributed by atoms with Crippen LogP contribution in [-0.4, -0.2) is 47.0 Å². The van der Waals surface area contributed by atoms with Gasteiger partial charge in [0.05, 0.1) is 48.2 Å². The van der Waals surface area contributed by atoms with Crippen LogP contribution in [0.5, 0.6) is 0 Å². The number of benzene rings is 4. The Labute approximate surface area is 351 Å². The van der Waals surface area contributed by atoms with Crippen LogP contribution < -0.4 is 20.5 Å². The molecule has 0 saturated carbocycles. The van der Waals surface area contributed by atoms with Gasteiger partial charge in [-0.05, 0) is 102 Å². The van der Waals surface area contributed by atoms with Gasteiger partial charge in [-0.1, -0.05) is 0 Å². The average molecular weight is 901 g/mol. The quantitative estimate of drug-likeness (QED) is 0.141. The zero-order valence-electron chi connectivity index (χ0n) is 32.7. The Bertz CT molecular complexity index is 2300. The number of hydrogen-bond donors (Lipinski definition) is 4. The molecule has 0 aliphatic carbocycles. The molecule has 4 aromatic rings. The number of carbonyl (C=O) groups excluding carboxylic acids is 3. The number of carbonyl (C=O) groups is 3. The highest BCUT2D eigenvalue weighted by Gasteiger charge is 2.32. The van der Waals surface area contributed by atoms with Gasteiger partial charge in [0.25, 0.3) is 11.8 Å². The van der Waals surface area contributed by atoms with Crippen molar-refractivity contribution in [2.45, 2.75) is 79.7 Å². The first-order valence-corrected chi connectivity index (χ1v) is 22.1. The molecule has 2 amide bonds. The molecule has 2 aliphatic heterocycles. The van der Waals surface area contributed by atoms with E-state index >= 15 is 0 Å². The molecule has 0 bridgehead atoms. The summed E-state index contributed by atoms with van der Waals surface area (Å²) in [7, 11) is -2.59. The number of thioether (sulfide) groups is 2. The third-order valence-electron chi connectivity index (χ3n) is 8.36. The standard InChI is InChI=1S/C20H21F3N2O2S2.C16H10F3NO2S.C4H11NOS/c1-20(2,3)29(27)25-16-8-9-28-18-12(5-7-14(22)17(16)18)19(26)24-11-4-6-13(21)15(23)10-11;17-10-3-1-8(7-12(10)19)20-16(22)9-2-4-11(18)14-13(21)5-6-23-15(9)14;1-4(2,3)7(5)6/h4-7,10,16,25H,8-9H2,1-3H3,(H,24,26);1-4,7H,5-6H2,(H,20,22);5H2,1-3H3/t16?,29-;;7-/m0.0/s1. The van der Waals surface area contributed by atoms with Crippen LogP contribution >= 0.6 is 23.5 Å². The molecule has 318 valence electrons. The molecule has 5 N–H and O–H groups in total. The van der Waals surface area contributed by atoms with E-state index in [1.165, 1.54) is 53.9 Å². The van der Waals surface area contributed by atoms with Crippen molar-refractivity contribution in [3.63, 3.8) is 0 Å². The van der Waals surface area contributed by atoms with Crippen LogP contribution in [0.4, 0.5) is 37.7 Å². The van der Waals surface area contributed by atoms with Crippen molar-refractivity contribution in [1.29, 1.82) is 0 Å². The van der Waals surface area contributed by atoms with Crippen LogP contribution in [0, 0.1) is 34.9 Å². The Balaban J connectivity index is 0.000000229. The Morgan fingerprint density at radius 3 is 1.59 bits per heavy atom.